The first-order chi connectivity index (χ1) is 10.7. The quantitative estimate of drug-likeness (QED) is 0.628. The van der Waals surface area contributed by atoms with Crippen LogP contribution in [-0.4, -0.2) is 62.2 Å². The molecule has 0 unspecified atom stereocenters. The molecule has 2 aromatic rings. The first-order valence-electron chi connectivity index (χ1n) is 7.68. The van der Waals surface area contributed by atoms with Gasteiger partial charge in [-0.25, -0.2) is 0 Å². The standard InChI is InChI=1S/C14H18N2O4SSi/c1-2-4-13-12(3-1)15-14(20-13)21-11-22-16(5-8-17-22,6-9-18-22)7-10-19-22/h1-4H,5-11H2. The summed E-state index contributed by atoms with van der Waals surface area (Å²) >= 11 is 1.57. The van der Waals surface area contributed by atoms with Crippen LogP contribution in [0.5, 0.6) is 0 Å². The molecule has 0 aliphatic carbocycles. The number of quaternary nitrogens is 1. The fourth-order valence-corrected chi connectivity index (χ4v) is 12.1. The first-order valence-corrected chi connectivity index (χ1v) is 11.0. The van der Waals surface area contributed by atoms with E-state index in [1.807, 2.05) is 24.3 Å². The van der Waals surface area contributed by atoms with Gasteiger partial charge in [0, 0.05) is 0 Å². The SMILES string of the molecule is c1ccc2oc(SC[Si-]345OCC[N+]3(CCO4)CCO5)nc2c1. The molecule has 4 heterocycles. The molecule has 0 bridgehead atoms. The minimum absolute atomic E-state index is 0.667. The summed E-state index contributed by atoms with van der Waals surface area (Å²) in [7, 11) is -3.35. The molecule has 3 saturated heterocycles. The fourth-order valence-electron chi connectivity index (χ4n) is 4.14. The molecule has 0 amide bonds. The molecule has 0 radical (unpaired) electrons. The average molecular weight is 338 g/mol. The van der Waals surface area contributed by atoms with E-state index in [0.717, 1.165) is 54.7 Å². The number of hydrogen-bond donors (Lipinski definition) is 0. The van der Waals surface area contributed by atoms with Crippen LogP contribution in [0, 0.1) is 0 Å². The number of fused-ring (bicyclic) bond motifs is 1. The molecule has 118 valence electrons. The van der Waals surface area contributed by atoms with E-state index in [2.05, 4.69) is 4.98 Å². The van der Waals surface area contributed by atoms with Gasteiger partial charge in [0.25, 0.3) is 0 Å². The van der Waals surface area contributed by atoms with E-state index in [0.29, 0.717) is 10.6 Å². The summed E-state index contributed by atoms with van der Waals surface area (Å²) in [6, 6.07) is 7.82. The van der Waals surface area contributed by atoms with Crippen LogP contribution < -0.4 is 0 Å². The van der Waals surface area contributed by atoms with Crippen LogP contribution in [0.15, 0.2) is 33.9 Å². The molecular formula is C14H18N2O4SSi. The third-order valence-corrected chi connectivity index (χ3v) is 13.1. The Morgan fingerprint density at radius 3 is 2.41 bits per heavy atom. The van der Waals surface area contributed by atoms with E-state index in [9.17, 15) is 0 Å². The van der Waals surface area contributed by atoms with Crippen molar-refractivity contribution >= 4 is 31.1 Å². The monoisotopic (exact) mass is 338 g/mol. The van der Waals surface area contributed by atoms with Crippen molar-refractivity contribution in [3.8, 4) is 0 Å². The maximum absolute atomic E-state index is 6.25. The van der Waals surface area contributed by atoms with Crippen molar-refractivity contribution in [1.82, 2.24) is 4.98 Å². The van der Waals surface area contributed by atoms with Crippen LogP contribution in [-0.2, 0) is 13.3 Å². The van der Waals surface area contributed by atoms with Gasteiger partial charge in [-0.1, -0.05) is 0 Å². The van der Waals surface area contributed by atoms with Gasteiger partial charge in [0.2, 0.25) is 0 Å². The molecule has 0 atom stereocenters. The van der Waals surface area contributed by atoms with Gasteiger partial charge in [0.1, 0.15) is 0 Å². The minimum atomic E-state index is -3.35. The fraction of sp³-hybridized carbons (Fsp3) is 0.500. The molecule has 3 fully saturated rings. The van der Waals surface area contributed by atoms with Gasteiger partial charge in [-0.3, -0.25) is 0 Å². The van der Waals surface area contributed by atoms with E-state index in [-0.39, 0.29) is 0 Å². The van der Waals surface area contributed by atoms with Gasteiger partial charge < -0.3 is 0 Å². The molecule has 3 aliphatic rings. The van der Waals surface area contributed by atoms with Crippen molar-refractivity contribution in [2.75, 3.05) is 44.8 Å². The van der Waals surface area contributed by atoms with E-state index >= 15 is 0 Å². The van der Waals surface area contributed by atoms with E-state index in [4.69, 9.17) is 17.7 Å². The summed E-state index contributed by atoms with van der Waals surface area (Å²) in [5.74, 6) is 0. The zero-order valence-electron chi connectivity index (χ0n) is 12.2. The maximum atomic E-state index is 6.25. The Labute approximate surface area is 132 Å². The van der Waals surface area contributed by atoms with Gasteiger partial charge in [0.15, 0.2) is 0 Å². The predicted molar refractivity (Wildman–Crippen MR) is 83.2 cm³/mol. The summed E-state index contributed by atoms with van der Waals surface area (Å²) in [6.45, 7) is 5.26. The zero-order chi connectivity index (χ0) is 14.7. The number of para-hydroxylation sites is 2. The Hall–Kier alpha value is -0.903. The molecule has 0 N–H and O–H groups in total. The third kappa shape index (κ3) is 1.52. The Morgan fingerprint density at radius 1 is 1.05 bits per heavy atom. The molecule has 3 aliphatic heterocycles. The zero-order valence-corrected chi connectivity index (χ0v) is 14.0. The Bertz CT molecular complexity index is 686. The van der Waals surface area contributed by atoms with E-state index in [1.165, 1.54) is 0 Å². The van der Waals surface area contributed by atoms with Gasteiger partial charge in [-0.15, -0.1) is 0 Å². The van der Waals surface area contributed by atoms with Crippen LogP contribution >= 0.6 is 11.8 Å². The van der Waals surface area contributed by atoms with Crippen LogP contribution in [0.4, 0.5) is 0 Å². The molecule has 22 heavy (non-hydrogen) atoms. The third-order valence-electron chi connectivity index (χ3n) is 5.35. The van der Waals surface area contributed by atoms with Crippen molar-refractivity contribution in [2.45, 2.75) is 5.22 Å². The predicted octanol–water partition coefficient (Wildman–Crippen LogP) is 1.76. The van der Waals surface area contributed by atoms with E-state index < -0.39 is 8.24 Å². The molecular weight excluding hydrogens is 320 g/mol. The molecule has 0 saturated carbocycles. The molecule has 5 rings (SSSR count). The number of rotatable bonds is 3. The van der Waals surface area contributed by atoms with Crippen molar-refractivity contribution in [3.63, 3.8) is 0 Å². The molecule has 0 spiro atoms. The molecule has 1 aromatic heterocycles. The second-order valence-corrected chi connectivity index (χ2v) is 12.0. The number of nitrogens with zero attached hydrogens (tertiary/aromatic N) is 2. The van der Waals surface area contributed by atoms with Gasteiger partial charge in [-0.05, 0) is 0 Å². The average Bonchev–Trinajstić information content (AvgIpc) is 3.18. The first kappa shape index (κ1) is 13.5. The molecule has 1 aromatic carbocycles. The van der Waals surface area contributed by atoms with Gasteiger partial charge >= 0.3 is 132 Å². The summed E-state index contributed by atoms with van der Waals surface area (Å²) in [6.07, 6.45) is 0. The van der Waals surface area contributed by atoms with Crippen molar-refractivity contribution < 1.29 is 21.8 Å². The van der Waals surface area contributed by atoms with Crippen molar-refractivity contribution in [2.24, 2.45) is 0 Å². The van der Waals surface area contributed by atoms with Gasteiger partial charge in [0.05, 0.1) is 0 Å². The Kier molecular flexibility index (Phi) is 2.67. The summed E-state index contributed by atoms with van der Waals surface area (Å²) in [5, 5.41) is 1.35. The normalized spacial score (nSPS) is 33.4. The summed E-state index contributed by atoms with van der Waals surface area (Å²) in [5.41, 5.74) is 1.70. The summed E-state index contributed by atoms with van der Waals surface area (Å²) in [4.78, 5) is 4.54. The van der Waals surface area contributed by atoms with Crippen LogP contribution in [0.2, 0.25) is 0 Å². The molecule has 6 nitrogen and oxygen atoms in total. The second kappa shape index (κ2) is 4.34. The Balaban J connectivity index is 1.47. The van der Waals surface area contributed by atoms with E-state index in [1.54, 1.807) is 11.8 Å². The second-order valence-electron chi connectivity index (χ2n) is 6.21. The number of thioether (sulfide) groups is 1. The van der Waals surface area contributed by atoms with Gasteiger partial charge in [-0.2, -0.15) is 0 Å². The van der Waals surface area contributed by atoms with Crippen molar-refractivity contribution in [1.29, 1.82) is 0 Å². The summed E-state index contributed by atoms with van der Waals surface area (Å²) < 4.78 is 25.5. The number of benzene rings is 1. The topological polar surface area (TPSA) is 53.7 Å². The van der Waals surface area contributed by atoms with Crippen molar-refractivity contribution in [3.05, 3.63) is 24.3 Å². The molecule has 8 heteroatoms. The van der Waals surface area contributed by atoms with Crippen LogP contribution in [0.1, 0.15) is 0 Å². The Morgan fingerprint density at radius 2 is 1.73 bits per heavy atom. The number of hydrogen-bond acceptors (Lipinski definition) is 6. The van der Waals surface area contributed by atoms with Crippen LogP contribution in [0.3, 0.4) is 0 Å². The number of aromatic nitrogens is 1. The number of oxazole rings is 1. The van der Waals surface area contributed by atoms with Crippen LogP contribution in [0.25, 0.3) is 11.1 Å².